The first-order valence-electron chi connectivity index (χ1n) is 8.31. The van der Waals surface area contributed by atoms with Crippen molar-refractivity contribution in [2.75, 3.05) is 5.32 Å². The molecule has 2 N–H and O–H groups in total. The van der Waals surface area contributed by atoms with Crippen LogP contribution in [0.25, 0.3) is 22.0 Å². The average molecular weight is 392 g/mol. The van der Waals surface area contributed by atoms with E-state index in [0.29, 0.717) is 10.8 Å². The zero-order valence-corrected chi connectivity index (χ0v) is 15.2. The Bertz CT molecular complexity index is 1220. The number of carboxylic acids is 1. The highest BCUT2D eigenvalue weighted by Crippen LogP contribution is 2.28. The number of fused-ring (bicyclic) bond motifs is 1. The van der Waals surface area contributed by atoms with Crippen LogP contribution in [-0.4, -0.2) is 22.0 Å². The Kier molecular flexibility index (Phi) is 4.58. The van der Waals surface area contributed by atoms with Crippen molar-refractivity contribution >= 4 is 39.1 Å². The van der Waals surface area contributed by atoms with Gasteiger partial charge in [-0.25, -0.2) is 14.2 Å². The Hall–Kier alpha value is -3.58. The molecule has 0 radical (unpaired) electrons. The van der Waals surface area contributed by atoms with Crippen molar-refractivity contribution in [1.82, 2.24) is 4.98 Å². The molecular weight excluding hydrogens is 379 g/mol. The highest BCUT2D eigenvalue weighted by Gasteiger charge is 2.21. The Balaban J connectivity index is 1.61. The molecule has 1 amide bonds. The van der Waals surface area contributed by atoms with Gasteiger partial charge in [0.25, 0.3) is 5.91 Å². The van der Waals surface area contributed by atoms with Crippen LogP contribution in [0, 0.1) is 5.82 Å². The van der Waals surface area contributed by atoms with Crippen LogP contribution in [-0.2, 0) is 0 Å². The van der Waals surface area contributed by atoms with E-state index in [9.17, 15) is 14.0 Å². The van der Waals surface area contributed by atoms with Crippen LogP contribution in [0.3, 0.4) is 0 Å². The number of aromatic nitrogens is 1. The highest BCUT2D eigenvalue weighted by atomic mass is 32.1. The van der Waals surface area contributed by atoms with Crippen LogP contribution >= 0.6 is 11.3 Å². The molecule has 5 nitrogen and oxygen atoms in total. The van der Waals surface area contributed by atoms with E-state index in [1.807, 2.05) is 42.5 Å². The van der Waals surface area contributed by atoms with Crippen molar-refractivity contribution in [3.63, 3.8) is 0 Å². The Morgan fingerprint density at radius 3 is 2.57 bits per heavy atom. The van der Waals surface area contributed by atoms with Crippen LogP contribution in [0.15, 0.2) is 66.0 Å². The molecule has 0 aliphatic heterocycles. The van der Waals surface area contributed by atoms with Crippen molar-refractivity contribution in [3.8, 4) is 11.3 Å². The number of nitrogens with one attached hydrogen (secondary N) is 1. The number of carbonyl (C=O) groups is 2. The molecule has 0 aliphatic rings. The summed E-state index contributed by atoms with van der Waals surface area (Å²) in [5.74, 6) is -3.19. The number of carboxylic acid groups (broad SMARTS) is 1. The molecule has 0 atom stereocenters. The molecule has 0 saturated heterocycles. The number of halogens is 1. The lowest BCUT2D eigenvalue weighted by atomic mass is 10.1. The number of amides is 1. The molecule has 4 rings (SSSR count). The van der Waals surface area contributed by atoms with Crippen LogP contribution < -0.4 is 5.32 Å². The van der Waals surface area contributed by atoms with Crippen LogP contribution in [0.4, 0.5) is 9.52 Å². The first-order chi connectivity index (χ1) is 13.5. The number of aromatic carboxylic acids is 1. The van der Waals surface area contributed by atoms with E-state index < -0.39 is 23.3 Å². The van der Waals surface area contributed by atoms with Gasteiger partial charge in [0.1, 0.15) is 11.4 Å². The molecule has 0 spiro atoms. The number of carbonyl (C=O) groups excluding carboxylic acids is 1. The second kappa shape index (κ2) is 7.21. The second-order valence-electron chi connectivity index (χ2n) is 6.02. The Morgan fingerprint density at radius 2 is 1.79 bits per heavy atom. The van der Waals surface area contributed by atoms with Gasteiger partial charge in [0.2, 0.25) is 0 Å². The van der Waals surface area contributed by atoms with Gasteiger partial charge in [-0.05, 0) is 29.0 Å². The third-order valence-corrected chi connectivity index (χ3v) is 5.00. The zero-order valence-electron chi connectivity index (χ0n) is 14.3. The monoisotopic (exact) mass is 392 g/mol. The molecule has 4 aromatic rings. The lowest BCUT2D eigenvalue weighted by Gasteiger charge is -2.06. The summed E-state index contributed by atoms with van der Waals surface area (Å²) in [5.41, 5.74) is 0.664. The van der Waals surface area contributed by atoms with Gasteiger partial charge < -0.3 is 5.11 Å². The third kappa shape index (κ3) is 3.35. The maximum absolute atomic E-state index is 13.8. The molecule has 0 saturated carbocycles. The van der Waals surface area contributed by atoms with Gasteiger partial charge in [-0.15, -0.1) is 11.3 Å². The molecule has 28 heavy (non-hydrogen) atoms. The fourth-order valence-electron chi connectivity index (χ4n) is 2.91. The van der Waals surface area contributed by atoms with Crippen molar-refractivity contribution in [2.24, 2.45) is 0 Å². The predicted octanol–water partition coefficient (Wildman–Crippen LogP) is 5.05. The number of hydrogen-bond acceptors (Lipinski definition) is 4. The fourth-order valence-corrected chi connectivity index (χ4v) is 3.62. The van der Waals surface area contributed by atoms with Gasteiger partial charge in [0, 0.05) is 10.9 Å². The summed E-state index contributed by atoms with van der Waals surface area (Å²) in [5, 5.41) is 16.0. The number of hydrogen-bond donors (Lipinski definition) is 2. The van der Waals surface area contributed by atoms with Crippen molar-refractivity contribution in [1.29, 1.82) is 0 Å². The summed E-state index contributed by atoms with van der Waals surface area (Å²) >= 11 is 1.21. The molecule has 138 valence electrons. The number of rotatable bonds is 4. The van der Waals surface area contributed by atoms with Gasteiger partial charge in [-0.2, -0.15) is 0 Å². The molecule has 1 heterocycles. The molecule has 0 bridgehead atoms. The van der Waals surface area contributed by atoms with E-state index in [4.69, 9.17) is 5.11 Å². The van der Waals surface area contributed by atoms with E-state index in [2.05, 4.69) is 10.3 Å². The predicted molar refractivity (Wildman–Crippen MR) is 106 cm³/mol. The quantitative estimate of drug-likeness (QED) is 0.509. The number of nitrogens with zero attached hydrogens (tertiary/aromatic N) is 1. The second-order valence-corrected chi connectivity index (χ2v) is 6.88. The first-order valence-corrected chi connectivity index (χ1v) is 9.19. The largest absolute Gasteiger partial charge is 0.478 e. The molecular formula is C21H13FN2O3S. The summed E-state index contributed by atoms with van der Waals surface area (Å²) < 4.78 is 13.8. The van der Waals surface area contributed by atoms with Gasteiger partial charge >= 0.3 is 5.97 Å². The van der Waals surface area contributed by atoms with Crippen LogP contribution in [0.2, 0.25) is 0 Å². The van der Waals surface area contributed by atoms with Crippen LogP contribution in [0.5, 0.6) is 0 Å². The summed E-state index contributed by atoms with van der Waals surface area (Å²) in [6.07, 6.45) is 0. The van der Waals surface area contributed by atoms with E-state index in [0.717, 1.165) is 22.4 Å². The Labute approximate surface area is 163 Å². The standard InChI is InChI=1S/C21H13FN2O3S/c22-16-7-3-6-15(18(16)20(26)27)19(25)24-21-23-17(11-28-21)14-9-8-12-4-1-2-5-13(12)10-14/h1-11H,(H,26,27)(H,23,24,25). The first kappa shape index (κ1) is 17.8. The normalized spacial score (nSPS) is 10.8. The maximum atomic E-state index is 13.8. The highest BCUT2D eigenvalue weighted by molar-refractivity contribution is 7.14. The van der Waals surface area contributed by atoms with E-state index in [1.54, 1.807) is 5.38 Å². The number of anilines is 1. The lowest BCUT2D eigenvalue weighted by molar-refractivity contribution is 0.0687. The molecule has 7 heteroatoms. The molecule has 0 unspecified atom stereocenters. The van der Waals surface area contributed by atoms with Crippen molar-refractivity contribution in [2.45, 2.75) is 0 Å². The summed E-state index contributed by atoms with van der Waals surface area (Å²) in [4.78, 5) is 28.1. The molecule has 0 fully saturated rings. The summed E-state index contributed by atoms with van der Waals surface area (Å²) in [6.45, 7) is 0. The van der Waals surface area contributed by atoms with E-state index in [-0.39, 0.29) is 5.56 Å². The lowest BCUT2D eigenvalue weighted by Crippen LogP contribution is -2.17. The fraction of sp³-hybridized carbons (Fsp3) is 0. The molecule has 3 aromatic carbocycles. The molecule has 0 aliphatic carbocycles. The minimum Gasteiger partial charge on any atom is -0.478 e. The minimum absolute atomic E-state index is 0.255. The summed E-state index contributed by atoms with van der Waals surface area (Å²) in [7, 11) is 0. The third-order valence-electron chi connectivity index (χ3n) is 4.24. The zero-order chi connectivity index (χ0) is 19.7. The van der Waals surface area contributed by atoms with Crippen LogP contribution in [0.1, 0.15) is 20.7 Å². The Morgan fingerprint density at radius 1 is 1.00 bits per heavy atom. The topological polar surface area (TPSA) is 79.3 Å². The van der Waals surface area contributed by atoms with Gasteiger partial charge in [-0.3, -0.25) is 10.1 Å². The van der Waals surface area contributed by atoms with E-state index >= 15 is 0 Å². The SMILES string of the molecule is O=C(Nc1nc(-c2ccc3ccccc3c2)cs1)c1cccc(F)c1C(=O)O. The number of thiazole rings is 1. The van der Waals surface area contributed by atoms with Gasteiger partial charge in [0.05, 0.1) is 11.3 Å². The van der Waals surface area contributed by atoms with Crippen molar-refractivity contribution < 1.29 is 19.1 Å². The smallest absolute Gasteiger partial charge is 0.339 e. The number of benzene rings is 3. The molecule has 1 aromatic heterocycles. The van der Waals surface area contributed by atoms with Crippen molar-refractivity contribution in [3.05, 3.63) is 83.0 Å². The van der Waals surface area contributed by atoms with E-state index in [1.165, 1.54) is 23.5 Å². The average Bonchev–Trinajstić information content (AvgIpc) is 3.15. The maximum Gasteiger partial charge on any atom is 0.339 e. The van der Waals surface area contributed by atoms with Gasteiger partial charge in [-0.1, -0.05) is 42.5 Å². The van der Waals surface area contributed by atoms with Gasteiger partial charge in [0.15, 0.2) is 5.13 Å². The summed E-state index contributed by atoms with van der Waals surface area (Å²) in [6, 6.07) is 17.4. The minimum atomic E-state index is -1.50.